The molecule has 2 atom stereocenters. The highest BCUT2D eigenvalue weighted by Gasteiger charge is 2.25. The Morgan fingerprint density at radius 1 is 0.652 bits per heavy atom. The second kappa shape index (κ2) is 9.94. The van der Waals surface area contributed by atoms with Crippen molar-refractivity contribution in [2.45, 2.75) is 52.9 Å². The Bertz CT molecular complexity index is 279. The average Bonchev–Trinajstić information content (AvgIpc) is 2.56. The Balaban J connectivity index is 1.68. The summed E-state index contributed by atoms with van der Waals surface area (Å²) in [5, 5.41) is 3.83. The van der Waals surface area contributed by atoms with E-state index in [4.69, 9.17) is 0 Å². The van der Waals surface area contributed by atoms with Crippen molar-refractivity contribution in [2.24, 2.45) is 0 Å². The molecule has 0 aliphatic carbocycles. The molecule has 0 saturated carbocycles. The highest BCUT2D eigenvalue weighted by atomic mass is 15.4. The maximum absolute atomic E-state index is 3.83. The predicted octanol–water partition coefficient (Wildman–Crippen LogP) is 1.32. The lowest BCUT2D eigenvalue weighted by Crippen LogP contribution is -2.60. The average molecular weight is 326 g/mol. The Morgan fingerprint density at radius 2 is 1.00 bits per heavy atom. The molecule has 0 amide bonds. The number of hydrogen-bond acceptors (Lipinski definition) is 5. The van der Waals surface area contributed by atoms with Gasteiger partial charge in [-0.05, 0) is 39.8 Å². The van der Waals surface area contributed by atoms with Crippen LogP contribution in [0.1, 0.15) is 40.5 Å². The highest BCUT2D eigenvalue weighted by molar-refractivity contribution is 4.79. The van der Waals surface area contributed by atoms with Crippen LogP contribution in [0.4, 0.5) is 0 Å². The van der Waals surface area contributed by atoms with Crippen LogP contribution in [0.3, 0.4) is 0 Å². The monoisotopic (exact) mass is 325 g/mol. The molecule has 2 aliphatic rings. The lowest BCUT2D eigenvalue weighted by atomic mass is 10.2. The van der Waals surface area contributed by atoms with Gasteiger partial charge in [0.05, 0.1) is 12.3 Å². The zero-order valence-corrected chi connectivity index (χ0v) is 15.9. The van der Waals surface area contributed by atoms with Crippen molar-refractivity contribution in [3.8, 4) is 0 Å². The predicted molar refractivity (Wildman–Crippen MR) is 98.7 cm³/mol. The number of nitrogens with one attached hydrogen (secondary N) is 1. The molecule has 2 rings (SSSR count). The van der Waals surface area contributed by atoms with E-state index < -0.39 is 0 Å². The second-order valence-electron chi connectivity index (χ2n) is 7.27. The molecule has 2 saturated heterocycles. The molecule has 1 N–H and O–H groups in total. The van der Waals surface area contributed by atoms with Gasteiger partial charge in [0.2, 0.25) is 0 Å². The van der Waals surface area contributed by atoms with Crippen LogP contribution in [0.15, 0.2) is 0 Å². The number of piperazine rings is 2. The summed E-state index contributed by atoms with van der Waals surface area (Å²) in [6, 6.07) is 0. The zero-order chi connectivity index (χ0) is 16.7. The molecule has 2 fully saturated rings. The van der Waals surface area contributed by atoms with Crippen LogP contribution in [-0.4, -0.2) is 97.4 Å². The molecular weight excluding hydrogens is 286 g/mol. The van der Waals surface area contributed by atoms with E-state index in [0.29, 0.717) is 12.3 Å². The first-order valence-corrected chi connectivity index (χ1v) is 9.82. The summed E-state index contributed by atoms with van der Waals surface area (Å²) in [7, 11) is 0. The molecule has 0 aromatic heterocycles. The Morgan fingerprint density at radius 3 is 1.30 bits per heavy atom. The molecule has 0 bridgehead atoms. The maximum Gasteiger partial charge on any atom is 0.0580 e. The highest BCUT2D eigenvalue weighted by Crippen LogP contribution is 2.09. The summed E-state index contributed by atoms with van der Waals surface area (Å²) >= 11 is 0. The van der Waals surface area contributed by atoms with Crippen LogP contribution >= 0.6 is 0 Å². The van der Waals surface area contributed by atoms with Crippen LogP contribution in [0.5, 0.6) is 0 Å². The van der Waals surface area contributed by atoms with Gasteiger partial charge in [-0.3, -0.25) is 15.1 Å². The van der Waals surface area contributed by atoms with Crippen LogP contribution in [0.25, 0.3) is 0 Å². The van der Waals surface area contributed by atoms with Gasteiger partial charge < -0.3 is 9.80 Å². The van der Waals surface area contributed by atoms with E-state index in [1.54, 1.807) is 0 Å². The third-order valence-electron chi connectivity index (χ3n) is 5.47. The minimum atomic E-state index is 0.474. The maximum atomic E-state index is 3.83. The minimum absolute atomic E-state index is 0.474. The van der Waals surface area contributed by atoms with Crippen molar-refractivity contribution in [3.05, 3.63) is 0 Å². The zero-order valence-electron chi connectivity index (χ0n) is 15.9. The fourth-order valence-electron chi connectivity index (χ4n) is 3.94. The van der Waals surface area contributed by atoms with Crippen molar-refractivity contribution in [1.29, 1.82) is 0 Å². The molecule has 0 spiro atoms. The molecule has 0 aromatic carbocycles. The van der Waals surface area contributed by atoms with Gasteiger partial charge in [-0.2, -0.15) is 0 Å². The molecule has 0 aromatic rings. The fraction of sp³-hybridized carbons (Fsp3) is 1.00. The number of hydrogen-bond donors (Lipinski definition) is 1. The normalized spacial score (nSPS) is 25.6. The molecule has 5 nitrogen and oxygen atoms in total. The summed E-state index contributed by atoms with van der Waals surface area (Å²) in [4.78, 5) is 10.4. The minimum Gasteiger partial charge on any atom is -0.301 e. The molecule has 2 unspecified atom stereocenters. The Hall–Kier alpha value is -0.200. The van der Waals surface area contributed by atoms with Crippen molar-refractivity contribution < 1.29 is 0 Å². The Labute approximate surface area is 144 Å². The van der Waals surface area contributed by atoms with E-state index in [1.807, 2.05) is 0 Å². The summed E-state index contributed by atoms with van der Waals surface area (Å²) in [5.41, 5.74) is 0. The third-order valence-corrected chi connectivity index (χ3v) is 5.47. The third kappa shape index (κ3) is 5.98. The van der Waals surface area contributed by atoms with E-state index in [1.165, 1.54) is 78.3 Å². The lowest BCUT2D eigenvalue weighted by Gasteiger charge is -2.42. The molecular formula is C18H39N5. The Kier molecular flexibility index (Phi) is 8.27. The van der Waals surface area contributed by atoms with Gasteiger partial charge in [-0.25, -0.2) is 0 Å². The molecule has 2 aliphatic heterocycles. The SMILES string of the molecule is CCCN1CCN(C(C)NC(C)N2CCN(CCC)CC2)CC1. The first-order valence-electron chi connectivity index (χ1n) is 9.82. The van der Waals surface area contributed by atoms with Gasteiger partial charge in [-0.15, -0.1) is 0 Å². The molecule has 2 heterocycles. The quantitative estimate of drug-likeness (QED) is 0.726. The fourth-order valence-corrected chi connectivity index (χ4v) is 3.94. The smallest absolute Gasteiger partial charge is 0.0580 e. The van der Waals surface area contributed by atoms with E-state index in [-0.39, 0.29) is 0 Å². The van der Waals surface area contributed by atoms with Crippen molar-refractivity contribution in [1.82, 2.24) is 24.9 Å². The van der Waals surface area contributed by atoms with Gasteiger partial charge in [-0.1, -0.05) is 13.8 Å². The van der Waals surface area contributed by atoms with Crippen LogP contribution in [0.2, 0.25) is 0 Å². The van der Waals surface area contributed by atoms with E-state index in [2.05, 4.69) is 52.6 Å². The van der Waals surface area contributed by atoms with Gasteiger partial charge in [0.25, 0.3) is 0 Å². The van der Waals surface area contributed by atoms with Gasteiger partial charge in [0, 0.05) is 52.4 Å². The van der Waals surface area contributed by atoms with Crippen molar-refractivity contribution >= 4 is 0 Å². The first kappa shape index (κ1) is 19.1. The topological polar surface area (TPSA) is 25.0 Å². The second-order valence-corrected chi connectivity index (χ2v) is 7.27. The number of nitrogens with zero attached hydrogens (tertiary/aromatic N) is 4. The van der Waals surface area contributed by atoms with Gasteiger partial charge in [0.15, 0.2) is 0 Å². The van der Waals surface area contributed by atoms with Crippen LogP contribution in [0, 0.1) is 0 Å². The van der Waals surface area contributed by atoms with Crippen molar-refractivity contribution in [2.75, 3.05) is 65.4 Å². The lowest BCUT2D eigenvalue weighted by molar-refractivity contribution is 0.0427. The standard InChI is InChI=1S/C18H39N5/c1-5-7-20-9-13-22(14-10-20)17(3)19-18(4)23-15-11-21(8-6-2)12-16-23/h17-19H,5-16H2,1-4H3. The molecule has 5 heteroatoms. The summed E-state index contributed by atoms with van der Waals surface area (Å²) in [6.07, 6.45) is 3.49. The largest absolute Gasteiger partial charge is 0.301 e. The van der Waals surface area contributed by atoms with Crippen LogP contribution in [-0.2, 0) is 0 Å². The summed E-state index contributed by atoms with van der Waals surface area (Å²) < 4.78 is 0. The first-order chi connectivity index (χ1) is 11.1. The summed E-state index contributed by atoms with van der Waals surface area (Å²) in [5.74, 6) is 0. The van der Waals surface area contributed by atoms with E-state index in [0.717, 1.165) is 0 Å². The molecule has 0 radical (unpaired) electrons. The van der Waals surface area contributed by atoms with Gasteiger partial charge >= 0.3 is 0 Å². The molecule has 23 heavy (non-hydrogen) atoms. The van der Waals surface area contributed by atoms with Gasteiger partial charge in [0.1, 0.15) is 0 Å². The van der Waals surface area contributed by atoms with Crippen molar-refractivity contribution in [3.63, 3.8) is 0 Å². The number of rotatable bonds is 8. The van der Waals surface area contributed by atoms with E-state index >= 15 is 0 Å². The molecule has 136 valence electrons. The van der Waals surface area contributed by atoms with E-state index in [9.17, 15) is 0 Å². The summed E-state index contributed by atoms with van der Waals surface area (Å²) in [6.45, 7) is 21.4. The van der Waals surface area contributed by atoms with Crippen LogP contribution < -0.4 is 5.32 Å².